The molecule has 0 aromatic carbocycles. The maximum absolute atomic E-state index is 5.84. The van der Waals surface area contributed by atoms with E-state index in [0.717, 1.165) is 31.6 Å². The van der Waals surface area contributed by atoms with E-state index >= 15 is 0 Å². The molecule has 1 N–H and O–H groups in total. The molecule has 0 spiro atoms. The Kier molecular flexibility index (Phi) is 6.19. The first-order valence-electron chi connectivity index (χ1n) is 6.52. The molecule has 18 heavy (non-hydrogen) atoms. The van der Waals surface area contributed by atoms with Crippen molar-refractivity contribution < 1.29 is 9.15 Å². The van der Waals surface area contributed by atoms with E-state index in [1.807, 2.05) is 6.07 Å². The second kappa shape index (κ2) is 7.17. The maximum Gasteiger partial charge on any atom is 0.193 e. The molecule has 0 fully saturated rings. The lowest BCUT2D eigenvalue weighted by Crippen LogP contribution is -2.27. The lowest BCUT2D eigenvalue weighted by molar-refractivity contribution is 0.0112. The minimum Gasteiger partial charge on any atom is -0.448 e. The summed E-state index contributed by atoms with van der Waals surface area (Å²) in [7, 11) is 1.75. The van der Waals surface area contributed by atoms with Crippen LogP contribution >= 0.6 is 11.6 Å². The van der Waals surface area contributed by atoms with Gasteiger partial charge in [0.1, 0.15) is 5.76 Å². The van der Waals surface area contributed by atoms with Crippen LogP contribution in [0.15, 0.2) is 16.5 Å². The molecule has 0 saturated heterocycles. The Bertz CT molecular complexity index is 349. The number of nitrogens with one attached hydrogen (secondary N) is 1. The van der Waals surface area contributed by atoms with E-state index < -0.39 is 0 Å². The van der Waals surface area contributed by atoms with Gasteiger partial charge in [0.15, 0.2) is 5.22 Å². The molecule has 0 radical (unpaired) electrons. The lowest BCUT2D eigenvalue weighted by Gasteiger charge is -2.25. The summed E-state index contributed by atoms with van der Waals surface area (Å²) in [5.41, 5.74) is -0.109. The molecule has 104 valence electrons. The average Bonchev–Trinajstić information content (AvgIpc) is 2.76. The van der Waals surface area contributed by atoms with Gasteiger partial charge >= 0.3 is 0 Å². The van der Waals surface area contributed by atoms with E-state index in [1.165, 1.54) is 0 Å². The topological polar surface area (TPSA) is 34.4 Å². The molecule has 1 rings (SSSR count). The summed E-state index contributed by atoms with van der Waals surface area (Å²) in [5.74, 6) is 0.903. The zero-order chi connectivity index (χ0) is 13.6. The second-order valence-electron chi connectivity index (χ2n) is 5.15. The fourth-order valence-corrected chi connectivity index (χ4v) is 1.93. The van der Waals surface area contributed by atoms with Crippen LogP contribution in [0.3, 0.4) is 0 Å². The quantitative estimate of drug-likeness (QED) is 0.772. The first-order chi connectivity index (χ1) is 8.48. The minimum absolute atomic E-state index is 0.109. The van der Waals surface area contributed by atoms with Crippen molar-refractivity contribution in [1.29, 1.82) is 0 Å². The lowest BCUT2D eigenvalue weighted by atomic mass is 9.97. The maximum atomic E-state index is 5.84. The Balaban J connectivity index is 2.61. The summed E-state index contributed by atoms with van der Waals surface area (Å²) in [6.45, 7) is 7.31. The second-order valence-corrected chi connectivity index (χ2v) is 5.52. The van der Waals surface area contributed by atoms with Crippen LogP contribution in [0.5, 0.6) is 0 Å². The van der Waals surface area contributed by atoms with Crippen molar-refractivity contribution in [2.24, 2.45) is 0 Å². The predicted octanol–water partition coefficient (Wildman–Crippen LogP) is 4.18. The highest BCUT2D eigenvalue weighted by Crippen LogP contribution is 2.27. The largest absolute Gasteiger partial charge is 0.448 e. The van der Waals surface area contributed by atoms with Crippen molar-refractivity contribution in [1.82, 2.24) is 5.32 Å². The highest BCUT2D eigenvalue weighted by molar-refractivity contribution is 6.28. The zero-order valence-corrected chi connectivity index (χ0v) is 12.5. The fraction of sp³-hybridized carbons (Fsp3) is 0.714. The van der Waals surface area contributed by atoms with Gasteiger partial charge < -0.3 is 14.5 Å². The van der Waals surface area contributed by atoms with Gasteiger partial charge in [-0.3, -0.25) is 0 Å². The molecule has 0 amide bonds. The fourth-order valence-electron chi connectivity index (χ4n) is 1.77. The number of hydrogen-bond acceptors (Lipinski definition) is 3. The number of ether oxygens (including phenoxy) is 1. The van der Waals surface area contributed by atoms with Gasteiger partial charge in [-0.2, -0.15) is 0 Å². The van der Waals surface area contributed by atoms with E-state index in [-0.39, 0.29) is 11.6 Å². The van der Waals surface area contributed by atoms with Crippen molar-refractivity contribution in [3.63, 3.8) is 0 Å². The Morgan fingerprint density at radius 3 is 2.67 bits per heavy atom. The summed E-state index contributed by atoms with van der Waals surface area (Å²) >= 11 is 5.84. The van der Waals surface area contributed by atoms with Gasteiger partial charge in [-0.15, -0.1) is 0 Å². The van der Waals surface area contributed by atoms with Gasteiger partial charge in [0.05, 0.1) is 11.6 Å². The highest BCUT2D eigenvalue weighted by atomic mass is 35.5. The number of methoxy groups -OCH3 is 1. The van der Waals surface area contributed by atoms with Crippen LogP contribution in [0.25, 0.3) is 0 Å². The van der Waals surface area contributed by atoms with E-state index in [0.29, 0.717) is 5.22 Å². The molecule has 1 heterocycles. The van der Waals surface area contributed by atoms with E-state index in [2.05, 4.69) is 26.1 Å². The first kappa shape index (κ1) is 15.5. The van der Waals surface area contributed by atoms with Crippen LogP contribution in [-0.2, 0) is 4.74 Å². The van der Waals surface area contributed by atoms with Crippen molar-refractivity contribution >= 4 is 11.6 Å². The molecule has 3 nitrogen and oxygen atoms in total. The van der Waals surface area contributed by atoms with Gasteiger partial charge in [0.25, 0.3) is 0 Å². The van der Waals surface area contributed by atoms with Crippen molar-refractivity contribution in [2.45, 2.75) is 51.7 Å². The molecule has 1 aromatic heterocycles. The molecule has 0 bridgehead atoms. The third-order valence-electron chi connectivity index (χ3n) is 3.17. The zero-order valence-electron chi connectivity index (χ0n) is 11.8. The summed E-state index contributed by atoms with van der Waals surface area (Å²) in [4.78, 5) is 0. The van der Waals surface area contributed by atoms with E-state index in [1.54, 1.807) is 13.2 Å². The summed E-state index contributed by atoms with van der Waals surface area (Å²) in [5, 5.41) is 3.93. The molecular weight excluding hydrogens is 250 g/mol. The van der Waals surface area contributed by atoms with Crippen LogP contribution in [-0.4, -0.2) is 19.3 Å². The number of halogens is 1. The summed E-state index contributed by atoms with van der Waals surface area (Å²) in [6, 6.07) is 3.93. The average molecular weight is 274 g/mol. The van der Waals surface area contributed by atoms with Crippen molar-refractivity contribution in [3.8, 4) is 0 Å². The molecule has 1 aromatic rings. The normalized spacial score (nSPS) is 13.8. The number of rotatable bonds is 8. The Morgan fingerprint density at radius 1 is 1.44 bits per heavy atom. The Hall–Kier alpha value is -0.510. The van der Waals surface area contributed by atoms with Gasteiger partial charge in [-0.05, 0) is 63.4 Å². The van der Waals surface area contributed by atoms with Crippen molar-refractivity contribution in [2.75, 3.05) is 13.7 Å². The smallest absolute Gasteiger partial charge is 0.193 e. The van der Waals surface area contributed by atoms with Crippen LogP contribution in [0.4, 0.5) is 0 Å². The monoisotopic (exact) mass is 273 g/mol. The molecule has 0 aliphatic heterocycles. The third kappa shape index (κ3) is 5.01. The van der Waals surface area contributed by atoms with Gasteiger partial charge in [-0.1, -0.05) is 6.92 Å². The standard InChI is InChI=1S/C14H24ClNO2/c1-5-10-16-11(8-9-14(2,3)17-4)12-6-7-13(15)18-12/h6-7,11,16H,5,8-10H2,1-4H3. The molecule has 4 heteroatoms. The first-order valence-corrected chi connectivity index (χ1v) is 6.90. The Labute approximate surface area is 115 Å². The third-order valence-corrected chi connectivity index (χ3v) is 3.37. The summed E-state index contributed by atoms with van der Waals surface area (Å²) in [6.07, 6.45) is 3.02. The van der Waals surface area contributed by atoms with E-state index in [4.69, 9.17) is 20.8 Å². The van der Waals surface area contributed by atoms with E-state index in [9.17, 15) is 0 Å². The molecule has 1 unspecified atom stereocenters. The molecule has 0 aliphatic rings. The molecular formula is C14H24ClNO2. The summed E-state index contributed by atoms with van der Waals surface area (Å²) < 4.78 is 11.0. The molecule has 0 aliphatic carbocycles. The van der Waals surface area contributed by atoms with Gasteiger partial charge in [-0.25, -0.2) is 0 Å². The molecule has 1 atom stereocenters. The van der Waals surface area contributed by atoms with Crippen LogP contribution in [0.1, 0.15) is 51.8 Å². The van der Waals surface area contributed by atoms with Crippen molar-refractivity contribution in [3.05, 3.63) is 23.1 Å². The molecule has 0 saturated carbocycles. The Morgan fingerprint density at radius 2 is 2.17 bits per heavy atom. The van der Waals surface area contributed by atoms with Crippen LogP contribution in [0.2, 0.25) is 5.22 Å². The number of hydrogen-bond donors (Lipinski definition) is 1. The minimum atomic E-state index is -0.109. The predicted molar refractivity (Wildman–Crippen MR) is 75.1 cm³/mol. The number of furan rings is 1. The van der Waals surface area contributed by atoms with Crippen LogP contribution < -0.4 is 5.32 Å². The van der Waals surface area contributed by atoms with Crippen LogP contribution in [0, 0.1) is 0 Å². The van der Waals surface area contributed by atoms with Gasteiger partial charge in [0, 0.05) is 7.11 Å². The van der Waals surface area contributed by atoms with Gasteiger partial charge in [0.2, 0.25) is 0 Å². The SMILES string of the molecule is CCCNC(CCC(C)(C)OC)c1ccc(Cl)o1. The highest BCUT2D eigenvalue weighted by Gasteiger charge is 2.21.